The van der Waals surface area contributed by atoms with Gasteiger partial charge in [0.1, 0.15) is 0 Å². The van der Waals surface area contributed by atoms with Crippen LogP contribution in [0, 0.1) is 13.8 Å². The van der Waals surface area contributed by atoms with Crippen molar-refractivity contribution in [3.63, 3.8) is 0 Å². The second-order valence-corrected chi connectivity index (χ2v) is 15.9. The minimum absolute atomic E-state index is 0.773. The predicted octanol–water partition coefficient (Wildman–Crippen LogP) is 15.1. The number of halogens is 2. The Morgan fingerprint density at radius 1 is 0.345 bits per heavy atom. The lowest BCUT2D eigenvalue weighted by atomic mass is 9.65. The fraction of sp³-hybridized carbons (Fsp3) is 0.0588. The minimum atomic E-state index is -0.773. The molecule has 0 fully saturated rings. The fourth-order valence-corrected chi connectivity index (χ4v) is 9.36. The number of para-hydroxylation sites is 6. The van der Waals surface area contributed by atoms with Crippen molar-refractivity contribution in [2.24, 2.45) is 0 Å². The van der Waals surface area contributed by atoms with Gasteiger partial charge in [0.05, 0.1) is 16.8 Å². The predicted molar refractivity (Wildman–Crippen MR) is 238 cm³/mol. The highest BCUT2D eigenvalue weighted by molar-refractivity contribution is 9.10. The number of aryl methyl sites for hydroxylation is 2. The van der Waals surface area contributed by atoms with Crippen LogP contribution < -0.4 is 9.80 Å². The third-order valence-electron chi connectivity index (χ3n) is 10.8. The summed E-state index contributed by atoms with van der Waals surface area (Å²) in [6, 6.07) is 70.4. The van der Waals surface area contributed by atoms with E-state index in [4.69, 9.17) is 0 Å². The average molecular weight is 839 g/mol. The first-order valence-corrected chi connectivity index (χ1v) is 20.2. The molecule has 0 atom stereocenters. The molecule has 1 aliphatic rings. The van der Waals surface area contributed by atoms with Crippen LogP contribution in [0.15, 0.2) is 203 Å². The number of benzene rings is 8. The van der Waals surface area contributed by atoms with Crippen LogP contribution in [0.25, 0.3) is 11.1 Å². The van der Waals surface area contributed by atoms with Crippen LogP contribution in [0.4, 0.5) is 34.1 Å². The zero-order chi connectivity index (χ0) is 37.5. The van der Waals surface area contributed by atoms with Crippen molar-refractivity contribution in [1.29, 1.82) is 0 Å². The molecule has 266 valence electrons. The lowest BCUT2D eigenvalue weighted by Crippen LogP contribution is -2.33. The van der Waals surface area contributed by atoms with E-state index < -0.39 is 5.41 Å². The zero-order valence-corrected chi connectivity index (χ0v) is 33.8. The van der Waals surface area contributed by atoms with Gasteiger partial charge in [0.25, 0.3) is 0 Å². The molecule has 0 heterocycles. The summed E-state index contributed by atoms with van der Waals surface area (Å²) in [7, 11) is 0. The molecule has 55 heavy (non-hydrogen) atoms. The van der Waals surface area contributed by atoms with Gasteiger partial charge in [-0.05, 0) is 131 Å². The monoisotopic (exact) mass is 836 g/mol. The highest BCUT2D eigenvalue weighted by Crippen LogP contribution is 2.62. The zero-order valence-electron chi connectivity index (χ0n) is 30.6. The molecule has 0 bridgehead atoms. The van der Waals surface area contributed by atoms with Gasteiger partial charge in [0.15, 0.2) is 0 Å². The largest absolute Gasteiger partial charge is 0.310 e. The number of nitrogens with zero attached hydrogens (tertiary/aromatic N) is 2. The lowest BCUT2D eigenvalue weighted by Gasteiger charge is -2.42. The molecule has 1 aliphatic carbocycles. The smallest absolute Gasteiger partial charge is 0.0755 e. The summed E-state index contributed by atoms with van der Waals surface area (Å²) in [5, 5.41) is 0. The molecule has 0 radical (unpaired) electrons. The highest BCUT2D eigenvalue weighted by Gasteiger charge is 2.50. The molecule has 0 aliphatic heterocycles. The number of hydrogen-bond donors (Lipinski definition) is 0. The van der Waals surface area contributed by atoms with Crippen molar-refractivity contribution >= 4 is 66.0 Å². The summed E-state index contributed by atoms with van der Waals surface area (Å²) < 4.78 is 2.08. The quantitative estimate of drug-likeness (QED) is 0.150. The SMILES string of the molecule is Cc1cccc(C2(c3cccc(C)c3N(c3ccccc3)c3ccccc3)c3cc(Br)ccc3-c3ccc(Br)cc32)c1N(c1ccccc1)c1ccccc1. The van der Waals surface area contributed by atoms with E-state index in [2.05, 4.69) is 250 Å². The summed E-state index contributed by atoms with van der Waals surface area (Å²) in [5.41, 5.74) is 15.6. The van der Waals surface area contributed by atoms with E-state index in [1.807, 2.05) is 0 Å². The molecule has 0 saturated heterocycles. The van der Waals surface area contributed by atoms with Gasteiger partial charge in [-0.25, -0.2) is 0 Å². The molecule has 0 aromatic heterocycles. The molecular formula is C51H38Br2N2. The maximum atomic E-state index is 3.96. The van der Waals surface area contributed by atoms with E-state index in [1.165, 1.54) is 44.5 Å². The second-order valence-electron chi connectivity index (χ2n) is 14.1. The first kappa shape index (κ1) is 35.0. The van der Waals surface area contributed by atoms with E-state index in [0.717, 1.165) is 43.1 Å². The van der Waals surface area contributed by atoms with E-state index in [1.54, 1.807) is 0 Å². The molecule has 0 spiro atoms. The van der Waals surface area contributed by atoms with Crippen molar-refractivity contribution in [3.05, 3.63) is 236 Å². The standard InChI is InChI=1S/C51H38Br2N2/c1-35-17-15-27-45(49(35)54(39-19-7-3-8-20-39)40-21-9-4-10-22-40)51(47-33-37(52)29-31-43(47)44-32-30-38(53)34-48(44)51)46-28-16-18-36(2)50(46)55(41-23-11-5-12-24-41)42-25-13-6-14-26-42/h3-34H,1-2H3. The lowest BCUT2D eigenvalue weighted by molar-refractivity contribution is 0.764. The summed E-state index contributed by atoms with van der Waals surface area (Å²) in [6.07, 6.45) is 0. The summed E-state index contributed by atoms with van der Waals surface area (Å²) in [4.78, 5) is 4.89. The summed E-state index contributed by atoms with van der Waals surface area (Å²) in [6.45, 7) is 4.50. The van der Waals surface area contributed by atoms with Gasteiger partial charge >= 0.3 is 0 Å². The number of hydrogen-bond acceptors (Lipinski definition) is 2. The summed E-state index contributed by atoms with van der Waals surface area (Å²) >= 11 is 7.92. The molecule has 0 unspecified atom stereocenters. The fourth-order valence-electron chi connectivity index (χ4n) is 8.63. The number of anilines is 6. The Balaban J connectivity index is 1.49. The Kier molecular flexibility index (Phi) is 9.25. The molecular weight excluding hydrogens is 800 g/mol. The maximum absolute atomic E-state index is 3.96. The van der Waals surface area contributed by atoms with Gasteiger partial charge in [0, 0.05) is 31.7 Å². The molecule has 9 rings (SSSR count). The average Bonchev–Trinajstić information content (AvgIpc) is 3.49. The Morgan fingerprint density at radius 3 is 1.00 bits per heavy atom. The van der Waals surface area contributed by atoms with Crippen molar-refractivity contribution in [2.75, 3.05) is 9.80 Å². The van der Waals surface area contributed by atoms with Gasteiger partial charge in [-0.15, -0.1) is 0 Å². The Bertz CT molecular complexity index is 2380. The van der Waals surface area contributed by atoms with Crippen LogP contribution in [0.3, 0.4) is 0 Å². The van der Waals surface area contributed by atoms with Crippen LogP contribution in [-0.2, 0) is 5.41 Å². The van der Waals surface area contributed by atoms with Crippen molar-refractivity contribution in [3.8, 4) is 11.1 Å². The van der Waals surface area contributed by atoms with Gasteiger partial charge in [-0.2, -0.15) is 0 Å². The van der Waals surface area contributed by atoms with Crippen LogP contribution in [0.1, 0.15) is 33.4 Å². The second kappa shape index (κ2) is 14.5. The van der Waals surface area contributed by atoms with E-state index in [0.29, 0.717) is 0 Å². The van der Waals surface area contributed by atoms with Crippen molar-refractivity contribution in [1.82, 2.24) is 0 Å². The Labute approximate surface area is 340 Å². The third-order valence-corrected chi connectivity index (χ3v) is 11.8. The van der Waals surface area contributed by atoms with Crippen LogP contribution in [0.2, 0.25) is 0 Å². The minimum Gasteiger partial charge on any atom is -0.310 e. The van der Waals surface area contributed by atoms with E-state index >= 15 is 0 Å². The van der Waals surface area contributed by atoms with Gasteiger partial charge in [-0.3, -0.25) is 0 Å². The molecule has 0 amide bonds. The highest BCUT2D eigenvalue weighted by atomic mass is 79.9. The molecule has 8 aromatic carbocycles. The Hall–Kier alpha value is -5.68. The van der Waals surface area contributed by atoms with Crippen LogP contribution in [0.5, 0.6) is 0 Å². The molecule has 2 nitrogen and oxygen atoms in total. The topological polar surface area (TPSA) is 6.48 Å². The first-order chi connectivity index (χ1) is 27.0. The maximum Gasteiger partial charge on any atom is 0.0755 e. The summed E-state index contributed by atoms with van der Waals surface area (Å²) in [5.74, 6) is 0. The number of fused-ring (bicyclic) bond motifs is 3. The van der Waals surface area contributed by atoms with Gasteiger partial charge < -0.3 is 9.80 Å². The van der Waals surface area contributed by atoms with Crippen molar-refractivity contribution < 1.29 is 0 Å². The van der Waals surface area contributed by atoms with Crippen LogP contribution in [-0.4, -0.2) is 0 Å². The molecule has 8 aromatic rings. The normalized spacial score (nSPS) is 12.5. The van der Waals surface area contributed by atoms with Crippen molar-refractivity contribution in [2.45, 2.75) is 19.3 Å². The van der Waals surface area contributed by atoms with E-state index in [-0.39, 0.29) is 0 Å². The van der Waals surface area contributed by atoms with Crippen LogP contribution >= 0.6 is 31.9 Å². The van der Waals surface area contributed by atoms with E-state index in [9.17, 15) is 0 Å². The van der Waals surface area contributed by atoms with Gasteiger partial charge in [-0.1, -0.05) is 153 Å². The molecule has 0 saturated carbocycles. The molecule has 0 N–H and O–H groups in total. The Morgan fingerprint density at radius 2 is 0.673 bits per heavy atom. The molecule has 4 heteroatoms. The first-order valence-electron chi connectivity index (χ1n) is 18.6. The number of rotatable bonds is 8. The third kappa shape index (κ3) is 5.92. The van der Waals surface area contributed by atoms with Gasteiger partial charge in [0.2, 0.25) is 0 Å².